The lowest BCUT2D eigenvalue weighted by Gasteiger charge is -1.91. The van der Waals surface area contributed by atoms with E-state index in [4.69, 9.17) is 0 Å². The van der Waals surface area contributed by atoms with Crippen molar-refractivity contribution in [1.29, 1.82) is 0 Å². The lowest BCUT2D eigenvalue weighted by molar-refractivity contribution is 0.620. The molecular weight excluding hydrogens is 96.1 g/mol. The van der Waals surface area contributed by atoms with Crippen LogP contribution >= 0.6 is 0 Å². The van der Waals surface area contributed by atoms with Gasteiger partial charge >= 0.3 is 0 Å². The Morgan fingerprint density at radius 2 is 2.50 bits per heavy atom. The first-order valence-corrected chi connectivity index (χ1v) is 3.20. The average molecular weight is 108 g/mol. The zero-order chi connectivity index (χ0) is 5.98. The lowest BCUT2D eigenvalue weighted by atomic mass is 10.1. The summed E-state index contributed by atoms with van der Waals surface area (Å²) in [5.74, 6) is 0.888. The van der Waals surface area contributed by atoms with E-state index in [-0.39, 0.29) is 0 Å². The summed E-state index contributed by atoms with van der Waals surface area (Å²) in [6, 6.07) is 0. The molecule has 1 atom stereocenters. The molecule has 0 bridgehead atoms. The molecule has 0 heterocycles. The largest absolute Gasteiger partial charge is 0.130 e. The molecule has 0 amide bonds. The Morgan fingerprint density at radius 1 is 1.75 bits per heavy atom. The van der Waals surface area contributed by atoms with Crippen LogP contribution in [-0.4, -0.2) is 0 Å². The number of hydrogen-bond acceptors (Lipinski definition) is 0. The Labute approximate surface area is 50.9 Å². The Kier molecular flexibility index (Phi) is 1.55. The molecule has 0 saturated heterocycles. The molecule has 8 heavy (non-hydrogen) atoms. The maximum atomic E-state index is 3.62. The van der Waals surface area contributed by atoms with Gasteiger partial charge in [-0.05, 0) is 30.8 Å². The molecule has 0 heteroatoms. The van der Waals surface area contributed by atoms with E-state index in [1.807, 2.05) is 0 Å². The zero-order valence-electron chi connectivity index (χ0n) is 5.41. The second-order valence-corrected chi connectivity index (χ2v) is 2.63. The first kappa shape index (κ1) is 5.65. The minimum absolute atomic E-state index is 0.888. The van der Waals surface area contributed by atoms with Crippen LogP contribution in [0.15, 0.2) is 17.9 Å². The van der Waals surface area contributed by atoms with Crippen molar-refractivity contribution in [2.75, 3.05) is 0 Å². The topological polar surface area (TPSA) is 0 Å². The molecule has 44 valence electrons. The number of hydrogen-bond donors (Lipinski definition) is 0. The van der Waals surface area contributed by atoms with Crippen LogP contribution in [0.25, 0.3) is 0 Å². The Morgan fingerprint density at radius 3 is 2.75 bits per heavy atom. The standard InChI is InChI=1S/C8H12/c1-3-8-5-4-7(2)6-8/h7H,1,4-6H2,2H3/t7-/m1/s1. The number of allylic oxidation sites excluding steroid dienone is 1. The fourth-order valence-electron chi connectivity index (χ4n) is 1.21. The van der Waals surface area contributed by atoms with Gasteiger partial charge in [0.25, 0.3) is 0 Å². The van der Waals surface area contributed by atoms with Gasteiger partial charge in [0.1, 0.15) is 0 Å². The molecule has 0 unspecified atom stereocenters. The summed E-state index contributed by atoms with van der Waals surface area (Å²) in [5, 5.41) is 0. The predicted octanol–water partition coefficient (Wildman–Crippen LogP) is 2.52. The van der Waals surface area contributed by atoms with Gasteiger partial charge in [-0.15, -0.1) is 5.73 Å². The highest BCUT2D eigenvalue weighted by atomic mass is 14.2. The van der Waals surface area contributed by atoms with Crippen LogP contribution in [0.1, 0.15) is 26.2 Å². The molecule has 1 rings (SSSR count). The third-order valence-electron chi connectivity index (χ3n) is 1.78. The maximum Gasteiger partial charge on any atom is -0.0218 e. The molecular formula is C8H12. The first-order valence-electron chi connectivity index (χ1n) is 3.20. The fourth-order valence-corrected chi connectivity index (χ4v) is 1.21. The van der Waals surface area contributed by atoms with Crippen LogP contribution in [0.5, 0.6) is 0 Å². The van der Waals surface area contributed by atoms with Gasteiger partial charge in [0.05, 0.1) is 0 Å². The van der Waals surface area contributed by atoms with Crippen molar-refractivity contribution in [3.8, 4) is 0 Å². The Balaban J connectivity index is 2.56. The van der Waals surface area contributed by atoms with Gasteiger partial charge in [-0.2, -0.15) is 0 Å². The summed E-state index contributed by atoms with van der Waals surface area (Å²) in [5.41, 5.74) is 4.39. The molecule has 1 fully saturated rings. The smallest absolute Gasteiger partial charge is 0.0218 e. The summed E-state index contributed by atoms with van der Waals surface area (Å²) in [6.45, 7) is 5.90. The third kappa shape index (κ3) is 1.02. The van der Waals surface area contributed by atoms with Crippen LogP contribution in [0.2, 0.25) is 0 Å². The van der Waals surface area contributed by atoms with Crippen molar-refractivity contribution >= 4 is 0 Å². The van der Waals surface area contributed by atoms with E-state index >= 15 is 0 Å². The van der Waals surface area contributed by atoms with E-state index in [0.29, 0.717) is 0 Å². The Bertz CT molecular complexity index is 127. The molecule has 0 spiro atoms. The summed E-state index contributed by atoms with van der Waals surface area (Å²) in [6.07, 6.45) is 3.83. The van der Waals surface area contributed by atoms with Gasteiger partial charge in [0.2, 0.25) is 0 Å². The fraction of sp³-hybridized carbons (Fsp3) is 0.625. The molecule has 0 aromatic rings. The van der Waals surface area contributed by atoms with Crippen molar-refractivity contribution in [3.05, 3.63) is 17.9 Å². The van der Waals surface area contributed by atoms with Gasteiger partial charge in [0, 0.05) is 0 Å². The second kappa shape index (κ2) is 2.19. The van der Waals surface area contributed by atoms with Crippen molar-refractivity contribution in [2.24, 2.45) is 5.92 Å². The highest BCUT2D eigenvalue weighted by molar-refractivity contribution is 5.04. The maximum absolute atomic E-state index is 3.62. The van der Waals surface area contributed by atoms with Crippen molar-refractivity contribution in [2.45, 2.75) is 26.2 Å². The Hall–Kier alpha value is -0.480. The normalized spacial score (nSPS) is 28.1. The van der Waals surface area contributed by atoms with Crippen molar-refractivity contribution in [3.63, 3.8) is 0 Å². The molecule has 1 saturated carbocycles. The van der Waals surface area contributed by atoms with Crippen LogP contribution in [0.3, 0.4) is 0 Å². The van der Waals surface area contributed by atoms with Crippen LogP contribution in [-0.2, 0) is 0 Å². The van der Waals surface area contributed by atoms with Gasteiger partial charge in [-0.25, -0.2) is 0 Å². The minimum atomic E-state index is 0.888. The van der Waals surface area contributed by atoms with Crippen molar-refractivity contribution < 1.29 is 0 Å². The number of rotatable bonds is 0. The van der Waals surface area contributed by atoms with Crippen LogP contribution in [0, 0.1) is 5.92 Å². The molecule has 0 radical (unpaired) electrons. The second-order valence-electron chi connectivity index (χ2n) is 2.63. The molecule has 0 N–H and O–H groups in total. The highest BCUT2D eigenvalue weighted by Gasteiger charge is 2.13. The summed E-state index contributed by atoms with van der Waals surface area (Å²) in [7, 11) is 0. The van der Waals surface area contributed by atoms with Crippen LogP contribution < -0.4 is 0 Å². The molecule has 0 aromatic carbocycles. The van der Waals surface area contributed by atoms with Gasteiger partial charge in [-0.1, -0.05) is 13.5 Å². The molecule has 0 aromatic heterocycles. The molecule has 0 nitrogen and oxygen atoms in total. The zero-order valence-corrected chi connectivity index (χ0v) is 5.41. The lowest BCUT2D eigenvalue weighted by Crippen LogP contribution is -1.79. The van der Waals surface area contributed by atoms with Gasteiger partial charge < -0.3 is 0 Å². The predicted molar refractivity (Wildman–Crippen MR) is 35.7 cm³/mol. The van der Waals surface area contributed by atoms with E-state index in [0.717, 1.165) is 5.92 Å². The van der Waals surface area contributed by atoms with E-state index in [9.17, 15) is 0 Å². The SMILES string of the molecule is C=C=C1CC[C@@H](C)C1. The molecule has 1 aliphatic rings. The monoisotopic (exact) mass is 108 g/mol. The minimum Gasteiger partial charge on any atom is -0.130 e. The van der Waals surface area contributed by atoms with Gasteiger partial charge in [0.15, 0.2) is 0 Å². The van der Waals surface area contributed by atoms with E-state index < -0.39 is 0 Å². The van der Waals surface area contributed by atoms with Crippen molar-refractivity contribution in [1.82, 2.24) is 0 Å². The highest BCUT2D eigenvalue weighted by Crippen LogP contribution is 2.28. The third-order valence-corrected chi connectivity index (χ3v) is 1.78. The van der Waals surface area contributed by atoms with E-state index in [1.54, 1.807) is 0 Å². The van der Waals surface area contributed by atoms with Gasteiger partial charge in [-0.3, -0.25) is 0 Å². The molecule has 0 aliphatic heterocycles. The summed E-state index contributed by atoms with van der Waals surface area (Å²) >= 11 is 0. The summed E-state index contributed by atoms with van der Waals surface area (Å²) in [4.78, 5) is 0. The summed E-state index contributed by atoms with van der Waals surface area (Å²) < 4.78 is 0. The van der Waals surface area contributed by atoms with E-state index in [1.165, 1.54) is 24.8 Å². The average Bonchev–Trinajstić information content (AvgIpc) is 2.14. The first-order chi connectivity index (χ1) is 3.83. The van der Waals surface area contributed by atoms with E-state index in [2.05, 4.69) is 19.2 Å². The van der Waals surface area contributed by atoms with Crippen LogP contribution in [0.4, 0.5) is 0 Å². The molecule has 1 aliphatic carbocycles. The quantitative estimate of drug-likeness (QED) is 0.418.